The highest BCUT2D eigenvalue weighted by Gasteiger charge is 2.56. The van der Waals surface area contributed by atoms with E-state index in [9.17, 15) is 24.7 Å². The normalized spacial score (nSPS) is 24.0. The Hall–Kier alpha value is -6.34. The molecule has 12 atom stereocenters. The molecule has 0 aromatic heterocycles. The van der Waals surface area contributed by atoms with Gasteiger partial charge in [0.1, 0.15) is 55.3 Å². The molecule has 4 aromatic rings. The maximum absolute atomic E-state index is 15.0. The summed E-state index contributed by atoms with van der Waals surface area (Å²) in [5.74, 6) is -1.96. The number of fused-ring (bicyclic) bond motifs is 1. The van der Waals surface area contributed by atoms with Gasteiger partial charge in [0.25, 0.3) is 0 Å². The predicted molar refractivity (Wildman–Crippen MR) is 327 cm³/mol. The molecule has 0 saturated carbocycles. The first-order chi connectivity index (χ1) is 42.7. The molecule has 1 N–H and O–H groups in total. The van der Waals surface area contributed by atoms with Crippen molar-refractivity contribution in [3.8, 4) is 0 Å². The number of amides is 1. The second kappa shape index (κ2) is 34.2. The van der Waals surface area contributed by atoms with Crippen LogP contribution in [0.3, 0.4) is 0 Å². The van der Waals surface area contributed by atoms with Gasteiger partial charge in [-0.05, 0) is 64.3 Å². The minimum Gasteiger partial charge on any atom is -0.462 e. The fourth-order valence-corrected chi connectivity index (χ4v) is 12.1. The number of carbonyl (C=O) groups excluding carboxylic acids is 4. The van der Waals surface area contributed by atoms with Gasteiger partial charge in [0.2, 0.25) is 5.91 Å². The Morgan fingerprint density at radius 3 is 1.87 bits per heavy atom. The Labute approximate surface area is 521 Å². The van der Waals surface area contributed by atoms with E-state index in [-0.39, 0.29) is 71.9 Å². The Kier molecular flexibility index (Phi) is 26.9. The molecule has 0 spiro atoms. The van der Waals surface area contributed by atoms with Crippen molar-refractivity contribution in [3.05, 3.63) is 166 Å². The lowest BCUT2D eigenvalue weighted by Gasteiger charge is -2.49. The van der Waals surface area contributed by atoms with Crippen molar-refractivity contribution in [2.45, 2.75) is 198 Å². The van der Waals surface area contributed by atoms with E-state index >= 15 is 4.57 Å². The summed E-state index contributed by atoms with van der Waals surface area (Å²) in [6.07, 6.45) is -13.1. The lowest BCUT2D eigenvalue weighted by molar-refractivity contribution is -0.300. The fourth-order valence-electron chi connectivity index (χ4n) is 9.67. The van der Waals surface area contributed by atoms with Crippen molar-refractivity contribution < 1.29 is 89.1 Å². The van der Waals surface area contributed by atoms with Crippen molar-refractivity contribution in [3.63, 3.8) is 0 Å². The second-order valence-electron chi connectivity index (χ2n) is 23.2. The van der Waals surface area contributed by atoms with Crippen LogP contribution in [0.4, 0.5) is 4.79 Å². The third kappa shape index (κ3) is 20.8. The van der Waals surface area contributed by atoms with Crippen LogP contribution in [-0.2, 0) is 117 Å². The van der Waals surface area contributed by atoms with E-state index in [2.05, 4.69) is 21.9 Å². The quantitative estimate of drug-likeness (QED) is 0.00716. The molecule has 0 aliphatic carbocycles. The summed E-state index contributed by atoms with van der Waals surface area (Å²) in [6, 6.07) is 32.2. The fraction of sp³-hybridized carbons (Fsp3) is 0.531. The van der Waals surface area contributed by atoms with Crippen LogP contribution in [0.5, 0.6) is 0 Å². The molecule has 4 unspecified atom stereocenters. The SMILES string of the molecule is C=CCOC(=O)O[C@@H]1C(NC(=O)C[C@@H](CC)OC(=O)CC)[C@H](OCC2O[C@@H](O[Si](C)(C)C(C)(C)C)C(N=[N+]=[N-])[C@@H](OC(=O)C[C@@H](CC)OCc3ccccc3)[C@@H]2OCc2ccccc2)OC(COCc2ccccc2)[C@H]1OP1(=O)OCc2ccccc2CO1. The average Bonchev–Trinajstić information content (AvgIpc) is 1.56. The van der Waals surface area contributed by atoms with E-state index in [4.69, 9.17) is 65.4 Å². The summed E-state index contributed by atoms with van der Waals surface area (Å²) in [7, 11) is -7.54. The van der Waals surface area contributed by atoms with E-state index in [0.717, 1.165) is 16.7 Å². The van der Waals surface area contributed by atoms with Gasteiger partial charge in [-0.2, -0.15) is 0 Å². The molecule has 7 rings (SSSR count). The Balaban J connectivity index is 1.32. The van der Waals surface area contributed by atoms with E-state index in [1.54, 1.807) is 38.1 Å². The average molecular weight is 1270 g/mol. The number of nitrogens with one attached hydrogen (secondary N) is 1. The number of azide groups is 1. The molecule has 0 radical (unpaired) electrons. The van der Waals surface area contributed by atoms with Gasteiger partial charge in [-0.15, -0.1) is 0 Å². The largest absolute Gasteiger partial charge is 0.509 e. The number of benzene rings is 4. The van der Waals surface area contributed by atoms with Crippen molar-refractivity contribution in [2.75, 3.05) is 19.8 Å². The van der Waals surface area contributed by atoms with Crippen LogP contribution in [-0.4, -0.2) is 126 Å². The van der Waals surface area contributed by atoms with Crippen LogP contribution in [0.25, 0.3) is 10.4 Å². The molecule has 23 nitrogen and oxygen atoms in total. The third-order valence-electron chi connectivity index (χ3n) is 15.7. The first-order valence-corrected chi connectivity index (χ1v) is 34.5. The van der Waals surface area contributed by atoms with Gasteiger partial charge in [-0.1, -0.05) is 175 Å². The van der Waals surface area contributed by atoms with Crippen LogP contribution < -0.4 is 5.32 Å². The van der Waals surface area contributed by atoms with Crippen LogP contribution in [0.1, 0.15) is 101 Å². The van der Waals surface area contributed by atoms with Crippen LogP contribution in [0, 0.1) is 0 Å². The molecule has 1 amide bonds. The molecular formula is C64H85N4O19PSi. The van der Waals surface area contributed by atoms with Gasteiger partial charge < -0.3 is 57.1 Å². The summed E-state index contributed by atoms with van der Waals surface area (Å²) in [4.78, 5) is 58.9. The first-order valence-electron chi connectivity index (χ1n) is 30.1. The van der Waals surface area contributed by atoms with Gasteiger partial charge in [-0.3, -0.25) is 28.0 Å². The van der Waals surface area contributed by atoms with Crippen molar-refractivity contribution in [1.82, 2.24) is 5.32 Å². The second-order valence-corrected chi connectivity index (χ2v) is 29.6. The Morgan fingerprint density at radius 2 is 1.29 bits per heavy atom. The molecular weight excluding hydrogens is 1190 g/mol. The number of carbonyl (C=O) groups is 4. The zero-order valence-corrected chi connectivity index (χ0v) is 53.8. The lowest BCUT2D eigenvalue weighted by atomic mass is 9.95. The minimum absolute atomic E-state index is 0.0391. The van der Waals surface area contributed by atoms with Gasteiger partial charge in [0.05, 0.1) is 65.2 Å². The topological polar surface area (TPSA) is 275 Å². The predicted octanol–water partition coefficient (Wildman–Crippen LogP) is 11.8. The van der Waals surface area contributed by atoms with Crippen molar-refractivity contribution in [2.24, 2.45) is 5.11 Å². The zero-order valence-electron chi connectivity index (χ0n) is 51.9. The molecule has 89 heavy (non-hydrogen) atoms. The standard InChI is InChI=1S/C64H85N4O19PSi/c1-10-33-75-63(72)85-59-55(66-52(69)34-49(12-3)81-53(70)13-4)61(82-50(41-74-36-43-25-17-14-18-26-43)58(59)86-88(73)79-39-46-31-23-24-32-47(46)40-80-88)78-42-51-57(77-38-45-29-21-16-22-30-45)60(56(67-68-65)62(83-51)87-89(8,9)64(5,6)7)84-54(71)35-48(11-2)76-37-44-27-19-15-20-28-44/h10,14-32,48-51,55-62H,1,11-13,33-42H2,2-9H3,(H,66,69)/t48-,49-,50?,51?,55?,56?,57-,58-,59-,60-,61-,62+/m1/s1. The number of ether oxygens (including phenoxy) is 10. The maximum Gasteiger partial charge on any atom is 0.509 e. The number of rotatable bonds is 31. The van der Waals surface area contributed by atoms with E-state index in [0.29, 0.717) is 17.5 Å². The molecule has 0 bridgehead atoms. The molecule has 2 fully saturated rings. The Morgan fingerprint density at radius 1 is 0.719 bits per heavy atom. The molecule has 25 heteroatoms. The lowest BCUT2D eigenvalue weighted by Crippen LogP contribution is -2.67. The van der Waals surface area contributed by atoms with Gasteiger partial charge in [0, 0.05) is 11.3 Å². The summed E-state index contributed by atoms with van der Waals surface area (Å²) >= 11 is 0. The van der Waals surface area contributed by atoms with Crippen LogP contribution >= 0.6 is 7.82 Å². The number of phosphoric ester groups is 1. The number of nitrogens with zero attached hydrogens (tertiary/aromatic N) is 3. The monoisotopic (exact) mass is 1270 g/mol. The molecule has 3 aliphatic heterocycles. The van der Waals surface area contributed by atoms with Crippen molar-refractivity contribution >= 4 is 40.1 Å². The molecule has 3 heterocycles. The van der Waals surface area contributed by atoms with E-state index < -0.39 is 125 Å². The van der Waals surface area contributed by atoms with Gasteiger partial charge >= 0.3 is 25.9 Å². The smallest absolute Gasteiger partial charge is 0.462 e. The highest BCUT2D eigenvalue weighted by molar-refractivity contribution is 7.48. The number of hydrogen-bond donors (Lipinski definition) is 1. The van der Waals surface area contributed by atoms with E-state index in [1.165, 1.54) is 6.08 Å². The maximum atomic E-state index is 15.0. The summed E-state index contributed by atoms with van der Waals surface area (Å²) in [5.41, 5.74) is 14.1. The number of phosphoric acid groups is 1. The zero-order chi connectivity index (χ0) is 64.0. The molecule has 3 aliphatic rings. The third-order valence-corrected chi connectivity index (χ3v) is 21.5. The molecule has 4 aromatic carbocycles. The Bertz CT molecular complexity index is 2960. The number of hydrogen-bond acceptors (Lipinski definition) is 20. The van der Waals surface area contributed by atoms with Crippen molar-refractivity contribution in [1.29, 1.82) is 0 Å². The highest BCUT2D eigenvalue weighted by atomic mass is 31.2. The summed E-state index contributed by atoms with van der Waals surface area (Å²) in [6.45, 7) is 17.6. The van der Waals surface area contributed by atoms with Gasteiger partial charge in [0.15, 0.2) is 27.0 Å². The molecule has 2 saturated heterocycles. The minimum atomic E-state index is -4.67. The number of esters is 2. The summed E-state index contributed by atoms with van der Waals surface area (Å²) < 4.78 is 104. The van der Waals surface area contributed by atoms with Crippen LogP contribution in [0.2, 0.25) is 18.1 Å². The molecule has 484 valence electrons. The highest BCUT2D eigenvalue weighted by Crippen LogP contribution is 2.55. The van der Waals surface area contributed by atoms with E-state index in [1.807, 2.05) is 132 Å². The first kappa shape index (κ1) is 70.1. The van der Waals surface area contributed by atoms with Gasteiger partial charge in [-0.25, -0.2) is 9.36 Å². The summed E-state index contributed by atoms with van der Waals surface area (Å²) in [5, 5.41) is 6.68. The van der Waals surface area contributed by atoms with Crippen LogP contribution in [0.15, 0.2) is 133 Å².